The molecule has 1 aliphatic rings. The van der Waals surface area contributed by atoms with Crippen molar-refractivity contribution >= 4 is 69.2 Å². The molecule has 0 saturated carbocycles. The van der Waals surface area contributed by atoms with Crippen LogP contribution in [0, 0.1) is 0 Å². The van der Waals surface area contributed by atoms with Gasteiger partial charge in [-0.15, -0.1) is 26.3 Å². The number of ether oxygens (including phenoxy) is 3. The van der Waals surface area contributed by atoms with Crippen molar-refractivity contribution in [1.29, 1.82) is 0 Å². The Morgan fingerprint density at radius 1 is 0.776 bits per heavy atom. The topological polar surface area (TPSA) is 184 Å². The number of rotatable bonds is 9. The first-order valence-electron chi connectivity index (χ1n) is 16.2. The number of carbonyl (C=O) groups is 4. The standard InChI is InChI=1S/C18H11ClF3NO4.C11H11ClO3.C9H4F3NO3/c19-10-6-4-9(5-7-10)8-12-16(24)14(17(25)26)11-2-1-3-13(15(11)23-12)27-18(20,21)22;1-8(13)15-7-11(14)6-9-2-4-10(12)5-3-9;10-9(11,12)16-5-3-1-2-4-6(5)13-8(15)7(4)14/h1-7,24H,8H2,(H,25,26);2-5H,6-7H2,1H3;1-3H,(H,13,14,15)/p+1. The van der Waals surface area contributed by atoms with E-state index in [-0.39, 0.29) is 53.1 Å². The second kappa shape index (κ2) is 18.7. The maximum absolute atomic E-state index is 12.7. The lowest BCUT2D eigenvalue weighted by Gasteiger charge is -2.14. The van der Waals surface area contributed by atoms with Gasteiger partial charge in [0.2, 0.25) is 5.75 Å². The van der Waals surface area contributed by atoms with E-state index in [4.69, 9.17) is 28.3 Å². The number of aromatic nitrogens is 1. The summed E-state index contributed by atoms with van der Waals surface area (Å²) in [5, 5.41) is 29.8. The highest BCUT2D eigenvalue weighted by Gasteiger charge is 2.39. The Morgan fingerprint density at radius 2 is 1.31 bits per heavy atom. The van der Waals surface area contributed by atoms with Crippen molar-refractivity contribution in [2.75, 3.05) is 6.61 Å². The van der Waals surface area contributed by atoms with Gasteiger partial charge in [-0.3, -0.25) is 14.4 Å². The molecule has 1 aliphatic heterocycles. The Kier molecular flexibility index (Phi) is 14.3. The minimum absolute atomic E-state index is 0.0143. The fourth-order valence-electron chi connectivity index (χ4n) is 5.07. The summed E-state index contributed by atoms with van der Waals surface area (Å²) in [6.45, 7) is 1.10. The van der Waals surface area contributed by atoms with Crippen molar-refractivity contribution in [3.05, 3.63) is 123 Å². The van der Waals surface area contributed by atoms with E-state index in [9.17, 15) is 55.7 Å². The van der Waals surface area contributed by atoms with Crippen LogP contribution in [-0.4, -0.2) is 69.0 Å². The minimum atomic E-state index is -4.98. The van der Waals surface area contributed by atoms with Gasteiger partial charge in [0.05, 0.1) is 5.69 Å². The lowest BCUT2D eigenvalue weighted by Crippen LogP contribution is -2.64. The second-order valence-corrected chi connectivity index (χ2v) is 12.6. The number of aliphatic hydroxyl groups is 1. The van der Waals surface area contributed by atoms with Gasteiger partial charge < -0.3 is 29.5 Å². The minimum Gasteiger partial charge on any atom is -0.505 e. The quantitative estimate of drug-likeness (QED) is 0.0866. The molecule has 12 nitrogen and oxygen atoms in total. The summed E-state index contributed by atoms with van der Waals surface area (Å²) >= 11 is 11.5. The highest BCUT2D eigenvalue weighted by atomic mass is 35.5. The number of carbonyl (C=O) groups excluding carboxylic acids is 3. The van der Waals surface area contributed by atoms with Gasteiger partial charge >= 0.3 is 36.3 Å². The first kappa shape index (κ1) is 44.3. The number of aromatic hydroxyl groups is 1. The number of hydrogen-bond donors (Lipinski definition) is 4. The molecule has 0 saturated heterocycles. The molecular weight excluding hydrogens is 829 g/mol. The molecule has 0 amide bonds. The number of carboxylic acid groups (broad SMARTS) is 1. The highest BCUT2D eigenvalue weighted by Crippen LogP contribution is 2.37. The van der Waals surface area contributed by atoms with Crippen LogP contribution in [0.5, 0.6) is 17.2 Å². The predicted octanol–water partition coefficient (Wildman–Crippen LogP) is 7.25. The maximum atomic E-state index is 12.7. The molecule has 0 aliphatic carbocycles. The zero-order valence-corrected chi connectivity index (χ0v) is 30.9. The number of pyridine rings is 1. The highest BCUT2D eigenvalue weighted by molar-refractivity contribution is 6.43. The van der Waals surface area contributed by atoms with Crippen LogP contribution < -0.4 is 14.5 Å². The fourth-order valence-corrected chi connectivity index (χ4v) is 5.32. The van der Waals surface area contributed by atoms with Crippen LogP contribution in [-0.2, 0) is 27.2 Å². The van der Waals surface area contributed by atoms with Gasteiger partial charge in [0.1, 0.15) is 23.3 Å². The Bertz CT molecular complexity index is 2370. The maximum Gasteiger partial charge on any atom is 0.573 e. The molecule has 20 heteroatoms. The zero-order valence-electron chi connectivity index (χ0n) is 29.4. The Balaban J connectivity index is 0.000000206. The predicted molar refractivity (Wildman–Crippen MR) is 194 cm³/mol. The number of benzene rings is 4. The fraction of sp³-hybridized carbons (Fsp3) is 0.158. The van der Waals surface area contributed by atoms with Gasteiger partial charge in [-0.05, 0) is 53.6 Å². The largest absolute Gasteiger partial charge is 0.573 e. The molecule has 4 aromatic carbocycles. The molecular formula is C38H27Cl2F6N2O10+. The molecule has 0 fully saturated rings. The zero-order chi connectivity index (χ0) is 42.9. The summed E-state index contributed by atoms with van der Waals surface area (Å²) in [4.78, 5) is 50.8. The third-order valence-corrected chi connectivity index (χ3v) is 7.96. The second-order valence-electron chi connectivity index (χ2n) is 11.7. The number of aliphatic hydroxyl groups excluding tert-OH is 1. The van der Waals surface area contributed by atoms with Crippen molar-refractivity contribution in [3.63, 3.8) is 0 Å². The molecule has 4 N–H and O–H groups in total. The third-order valence-electron chi connectivity index (χ3n) is 7.46. The summed E-state index contributed by atoms with van der Waals surface area (Å²) in [6.07, 6.45) is -9.59. The van der Waals surface area contributed by atoms with E-state index < -0.39 is 59.2 Å². The first-order chi connectivity index (χ1) is 27.1. The van der Waals surface area contributed by atoms with E-state index in [1.165, 1.54) is 31.2 Å². The number of esters is 1. The summed E-state index contributed by atoms with van der Waals surface area (Å²) in [5.74, 6) is -5.37. The van der Waals surface area contributed by atoms with Gasteiger partial charge in [0, 0.05) is 35.2 Å². The molecule has 6 rings (SSSR count). The van der Waals surface area contributed by atoms with E-state index in [1.54, 1.807) is 48.5 Å². The molecule has 0 radical (unpaired) electrons. The van der Waals surface area contributed by atoms with Crippen molar-refractivity contribution < 1.29 is 80.0 Å². The number of fused-ring (bicyclic) bond motifs is 2. The Hall–Kier alpha value is -6.40. The SMILES string of the molecule is CC(=O)OCC(=O)Cc1ccc(Cl)cc1.O=C(O)c1c(O)c(Cc2ccc(Cl)cc2)nc2c(OC(F)(F)F)cccc12.O=C1C(O)=[NH+]c2c(OC(F)(F)F)cccc21. The van der Waals surface area contributed by atoms with Crippen molar-refractivity contribution in [1.82, 2.24) is 4.98 Å². The summed E-state index contributed by atoms with van der Waals surface area (Å²) < 4.78 is 86.2. The number of nitrogens with one attached hydrogen (secondary N) is 1. The number of alkyl halides is 6. The molecule has 58 heavy (non-hydrogen) atoms. The molecule has 1 aromatic heterocycles. The van der Waals surface area contributed by atoms with Crippen LogP contribution in [0.25, 0.3) is 10.9 Å². The van der Waals surface area contributed by atoms with Crippen LogP contribution >= 0.6 is 23.2 Å². The molecule has 2 heterocycles. The number of halogens is 8. The van der Waals surface area contributed by atoms with Gasteiger partial charge in [0.15, 0.2) is 17.3 Å². The van der Waals surface area contributed by atoms with Crippen LogP contribution in [0.15, 0.2) is 84.9 Å². The van der Waals surface area contributed by atoms with E-state index >= 15 is 0 Å². The number of ketones is 2. The van der Waals surface area contributed by atoms with Crippen molar-refractivity contribution in [3.8, 4) is 17.2 Å². The van der Waals surface area contributed by atoms with Gasteiger partial charge in [-0.2, -0.15) is 4.99 Å². The van der Waals surface area contributed by atoms with Crippen LogP contribution in [0.1, 0.15) is 44.5 Å². The lowest BCUT2D eigenvalue weighted by atomic mass is 10.0. The van der Waals surface area contributed by atoms with Crippen molar-refractivity contribution in [2.24, 2.45) is 0 Å². The molecule has 0 bridgehead atoms. The molecule has 5 aromatic rings. The number of aromatic carboxylic acids is 1. The lowest BCUT2D eigenvalue weighted by molar-refractivity contribution is -0.365. The molecule has 304 valence electrons. The Labute approximate surface area is 332 Å². The van der Waals surface area contributed by atoms with Crippen LogP contribution in [0.2, 0.25) is 10.0 Å². The number of nitrogens with zero attached hydrogens (tertiary/aromatic N) is 1. The van der Waals surface area contributed by atoms with Gasteiger partial charge in [-0.1, -0.05) is 65.7 Å². The normalized spacial score (nSPS) is 11.9. The molecule has 0 atom stereocenters. The van der Waals surface area contributed by atoms with E-state index in [0.717, 1.165) is 17.7 Å². The number of Topliss-reactive ketones (excluding diaryl/α,β-unsaturated/α-hetero) is 2. The number of hydrogen-bond acceptors (Lipinski definition) is 9. The van der Waals surface area contributed by atoms with Crippen molar-refractivity contribution in [2.45, 2.75) is 32.5 Å². The van der Waals surface area contributed by atoms with Crippen LogP contribution in [0.4, 0.5) is 32.0 Å². The van der Waals surface area contributed by atoms with Gasteiger partial charge in [-0.25, -0.2) is 9.78 Å². The summed E-state index contributed by atoms with van der Waals surface area (Å²) in [7, 11) is 0. The molecule has 0 spiro atoms. The smallest absolute Gasteiger partial charge is 0.505 e. The first-order valence-corrected chi connectivity index (χ1v) is 16.9. The number of para-hydroxylation sites is 2. The van der Waals surface area contributed by atoms with E-state index in [0.29, 0.717) is 15.6 Å². The molecule has 0 unspecified atom stereocenters. The monoisotopic (exact) mass is 855 g/mol. The van der Waals surface area contributed by atoms with E-state index in [2.05, 4.69) is 24.2 Å². The van der Waals surface area contributed by atoms with Gasteiger partial charge in [0.25, 0.3) is 5.69 Å². The summed E-state index contributed by atoms with van der Waals surface area (Å²) in [5.41, 5.74) is 0.302. The van der Waals surface area contributed by atoms with E-state index in [1.807, 2.05) is 0 Å². The number of carboxylic acids is 1. The average molecular weight is 857 g/mol. The third kappa shape index (κ3) is 12.6. The Morgan fingerprint density at radius 3 is 1.86 bits per heavy atom. The average Bonchev–Trinajstić information content (AvgIpc) is 3.42. The van der Waals surface area contributed by atoms with Crippen LogP contribution in [0.3, 0.4) is 0 Å². The summed E-state index contributed by atoms with van der Waals surface area (Å²) in [6, 6.07) is 20.5.